The molecule has 1 aromatic carbocycles. The van der Waals surface area contributed by atoms with Gasteiger partial charge in [-0.05, 0) is 18.2 Å². The van der Waals surface area contributed by atoms with Crippen LogP contribution in [0.1, 0.15) is 15.3 Å². The first-order chi connectivity index (χ1) is 9.19. The third-order valence-electron chi connectivity index (χ3n) is 2.68. The van der Waals surface area contributed by atoms with E-state index in [0.717, 1.165) is 21.0 Å². The van der Waals surface area contributed by atoms with Crippen LogP contribution < -0.4 is 5.32 Å². The molecule has 0 saturated carbocycles. The Kier molecular flexibility index (Phi) is 4.54. The zero-order chi connectivity index (χ0) is 13.7. The van der Waals surface area contributed by atoms with E-state index in [1.165, 1.54) is 11.3 Å². The maximum Gasteiger partial charge on any atom is 0.308 e. The highest BCUT2D eigenvalue weighted by atomic mass is 32.1. The standard InChI is InChI=1S/C14H15NO3S/c16-9-10-3-1-2-4-13(10)15-8-12-6-5-11(19-12)7-14(17)18/h1-6,15-16H,7-9H2,(H,17,18). The van der Waals surface area contributed by atoms with Gasteiger partial charge in [-0.2, -0.15) is 0 Å². The number of carbonyl (C=O) groups is 1. The van der Waals surface area contributed by atoms with Crippen molar-refractivity contribution in [1.29, 1.82) is 0 Å². The molecule has 4 nitrogen and oxygen atoms in total. The molecule has 1 aromatic heterocycles. The molecule has 0 spiro atoms. The fourth-order valence-electron chi connectivity index (χ4n) is 1.77. The van der Waals surface area contributed by atoms with Gasteiger partial charge in [0, 0.05) is 27.5 Å². The first-order valence-corrected chi connectivity index (χ1v) is 6.72. The van der Waals surface area contributed by atoms with E-state index in [2.05, 4.69) is 5.32 Å². The minimum absolute atomic E-state index is 0.00211. The monoisotopic (exact) mass is 277 g/mol. The van der Waals surface area contributed by atoms with Crippen LogP contribution in [-0.4, -0.2) is 16.2 Å². The third kappa shape index (κ3) is 3.81. The number of benzene rings is 1. The van der Waals surface area contributed by atoms with Crippen LogP contribution in [-0.2, 0) is 24.4 Å². The predicted octanol–water partition coefficient (Wildman–Crippen LogP) is 2.48. The van der Waals surface area contributed by atoms with E-state index >= 15 is 0 Å². The van der Waals surface area contributed by atoms with Crippen LogP contribution in [0.4, 0.5) is 5.69 Å². The average molecular weight is 277 g/mol. The van der Waals surface area contributed by atoms with Crippen molar-refractivity contribution in [3.8, 4) is 0 Å². The minimum atomic E-state index is -0.813. The van der Waals surface area contributed by atoms with Gasteiger partial charge in [-0.1, -0.05) is 18.2 Å². The summed E-state index contributed by atoms with van der Waals surface area (Å²) in [6.07, 6.45) is 0.0674. The van der Waals surface area contributed by atoms with Crippen molar-refractivity contribution in [2.45, 2.75) is 19.6 Å². The van der Waals surface area contributed by atoms with Gasteiger partial charge in [0.15, 0.2) is 0 Å². The van der Waals surface area contributed by atoms with Gasteiger partial charge in [0.05, 0.1) is 13.0 Å². The number of thiophene rings is 1. The number of hydrogen-bond donors (Lipinski definition) is 3. The highest BCUT2D eigenvalue weighted by molar-refractivity contribution is 7.12. The molecule has 1 heterocycles. The summed E-state index contributed by atoms with van der Waals surface area (Å²) in [6, 6.07) is 11.3. The summed E-state index contributed by atoms with van der Waals surface area (Å²) in [5.74, 6) is -0.813. The molecule has 2 rings (SSSR count). The van der Waals surface area contributed by atoms with E-state index in [1.807, 2.05) is 36.4 Å². The summed E-state index contributed by atoms with van der Waals surface area (Å²) in [5, 5.41) is 21.2. The Labute approximate surface area is 115 Å². The number of anilines is 1. The van der Waals surface area contributed by atoms with Crippen LogP contribution in [0, 0.1) is 0 Å². The highest BCUT2D eigenvalue weighted by Crippen LogP contribution is 2.20. The normalized spacial score (nSPS) is 10.4. The summed E-state index contributed by atoms with van der Waals surface area (Å²) in [7, 11) is 0. The number of rotatable bonds is 6. The number of carboxylic acid groups (broad SMARTS) is 1. The molecule has 19 heavy (non-hydrogen) atoms. The molecule has 0 aliphatic carbocycles. The summed E-state index contributed by atoms with van der Waals surface area (Å²) < 4.78 is 0. The SMILES string of the molecule is O=C(O)Cc1ccc(CNc2ccccc2CO)s1. The largest absolute Gasteiger partial charge is 0.481 e. The van der Waals surface area contributed by atoms with Crippen LogP contribution >= 0.6 is 11.3 Å². The van der Waals surface area contributed by atoms with Crippen molar-refractivity contribution in [2.24, 2.45) is 0 Å². The second-order valence-corrected chi connectivity index (χ2v) is 5.36. The van der Waals surface area contributed by atoms with Crippen LogP contribution in [0.5, 0.6) is 0 Å². The molecule has 0 amide bonds. The molecule has 5 heteroatoms. The lowest BCUT2D eigenvalue weighted by Gasteiger charge is -2.09. The predicted molar refractivity (Wildman–Crippen MR) is 75.4 cm³/mol. The summed E-state index contributed by atoms with van der Waals surface area (Å²) in [6.45, 7) is 0.624. The zero-order valence-corrected chi connectivity index (χ0v) is 11.1. The zero-order valence-electron chi connectivity index (χ0n) is 10.3. The molecular formula is C14H15NO3S. The summed E-state index contributed by atoms with van der Waals surface area (Å²) >= 11 is 1.49. The van der Waals surface area contributed by atoms with Crippen molar-refractivity contribution in [3.63, 3.8) is 0 Å². The lowest BCUT2D eigenvalue weighted by molar-refractivity contribution is -0.136. The number of aliphatic hydroxyl groups excluding tert-OH is 1. The highest BCUT2D eigenvalue weighted by Gasteiger charge is 2.05. The van der Waals surface area contributed by atoms with Gasteiger partial charge in [0.2, 0.25) is 0 Å². The van der Waals surface area contributed by atoms with Crippen LogP contribution in [0.2, 0.25) is 0 Å². The quantitative estimate of drug-likeness (QED) is 0.758. The first-order valence-electron chi connectivity index (χ1n) is 5.91. The van der Waals surface area contributed by atoms with Crippen molar-refractivity contribution in [3.05, 3.63) is 51.7 Å². The molecule has 0 aliphatic rings. The lowest BCUT2D eigenvalue weighted by Crippen LogP contribution is -2.01. The van der Waals surface area contributed by atoms with E-state index in [0.29, 0.717) is 6.54 Å². The second kappa shape index (κ2) is 6.36. The molecule has 0 aliphatic heterocycles. The fraction of sp³-hybridized carbons (Fsp3) is 0.214. The molecule has 0 unspecified atom stereocenters. The summed E-state index contributed by atoms with van der Waals surface area (Å²) in [5.41, 5.74) is 1.75. The Morgan fingerprint density at radius 3 is 2.63 bits per heavy atom. The Hall–Kier alpha value is -1.85. The Morgan fingerprint density at radius 1 is 1.16 bits per heavy atom. The molecule has 3 N–H and O–H groups in total. The summed E-state index contributed by atoms with van der Waals surface area (Å²) in [4.78, 5) is 12.5. The maximum absolute atomic E-state index is 10.6. The van der Waals surface area contributed by atoms with Crippen LogP contribution in [0.3, 0.4) is 0 Å². The Balaban J connectivity index is 1.98. The van der Waals surface area contributed by atoms with Crippen molar-refractivity contribution in [2.75, 3.05) is 5.32 Å². The van der Waals surface area contributed by atoms with Crippen LogP contribution in [0.15, 0.2) is 36.4 Å². The van der Waals surface area contributed by atoms with Crippen molar-refractivity contribution >= 4 is 23.0 Å². The third-order valence-corrected chi connectivity index (χ3v) is 3.77. The minimum Gasteiger partial charge on any atom is -0.481 e. The number of para-hydroxylation sites is 1. The molecule has 2 aromatic rings. The molecule has 0 bridgehead atoms. The van der Waals surface area contributed by atoms with Gasteiger partial charge < -0.3 is 15.5 Å². The maximum atomic E-state index is 10.6. The van der Waals surface area contributed by atoms with E-state index in [9.17, 15) is 9.90 Å². The number of hydrogen-bond acceptors (Lipinski definition) is 4. The van der Waals surface area contributed by atoms with E-state index in [-0.39, 0.29) is 13.0 Å². The molecule has 100 valence electrons. The van der Waals surface area contributed by atoms with E-state index in [1.54, 1.807) is 0 Å². The first kappa shape index (κ1) is 13.6. The molecule has 0 saturated heterocycles. The second-order valence-electron chi connectivity index (χ2n) is 4.11. The van der Waals surface area contributed by atoms with Crippen LogP contribution in [0.25, 0.3) is 0 Å². The fourth-order valence-corrected chi connectivity index (χ4v) is 2.72. The van der Waals surface area contributed by atoms with Gasteiger partial charge in [-0.3, -0.25) is 4.79 Å². The van der Waals surface area contributed by atoms with Gasteiger partial charge >= 0.3 is 5.97 Å². The van der Waals surface area contributed by atoms with Crippen molar-refractivity contribution < 1.29 is 15.0 Å². The number of carboxylic acids is 1. The van der Waals surface area contributed by atoms with E-state index < -0.39 is 5.97 Å². The molecule has 0 atom stereocenters. The topological polar surface area (TPSA) is 69.6 Å². The number of aliphatic carboxylic acids is 1. The lowest BCUT2D eigenvalue weighted by atomic mass is 10.2. The Morgan fingerprint density at radius 2 is 1.89 bits per heavy atom. The van der Waals surface area contributed by atoms with Gasteiger partial charge in [-0.25, -0.2) is 0 Å². The number of nitrogens with one attached hydrogen (secondary N) is 1. The molecule has 0 fully saturated rings. The van der Waals surface area contributed by atoms with Gasteiger partial charge in [0.25, 0.3) is 0 Å². The van der Waals surface area contributed by atoms with E-state index in [4.69, 9.17) is 5.11 Å². The smallest absolute Gasteiger partial charge is 0.308 e. The number of aliphatic hydroxyl groups is 1. The molecule has 0 radical (unpaired) electrons. The van der Waals surface area contributed by atoms with Gasteiger partial charge in [-0.15, -0.1) is 11.3 Å². The Bertz CT molecular complexity index is 565. The van der Waals surface area contributed by atoms with Gasteiger partial charge in [0.1, 0.15) is 0 Å². The van der Waals surface area contributed by atoms with Crippen molar-refractivity contribution in [1.82, 2.24) is 0 Å². The molecular weight excluding hydrogens is 262 g/mol. The average Bonchev–Trinajstić information content (AvgIpc) is 2.83.